The third kappa shape index (κ3) is 5.48. The molecule has 2 aromatic rings. The summed E-state index contributed by atoms with van der Waals surface area (Å²) >= 11 is 5.91. The molecule has 180 valence electrons. The number of carbonyl (C=O) groups excluding carboxylic acids is 3. The molecule has 8 nitrogen and oxygen atoms in total. The molecule has 1 heterocycles. The minimum absolute atomic E-state index is 0.0831. The van der Waals surface area contributed by atoms with Gasteiger partial charge in [-0.2, -0.15) is 0 Å². The van der Waals surface area contributed by atoms with Crippen molar-refractivity contribution in [3.63, 3.8) is 0 Å². The minimum Gasteiger partial charge on any atom is -0.350 e. The summed E-state index contributed by atoms with van der Waals surface area (Å²) in [6, 6.07) is 11.4. The highest BCUT2D eigenvalue weighted by molar-refractivity contribution is 6.30. The summed E-state index contributed by atoms with van der Waals surface area (Å²) in [7, 11) is 0. The number of hydrogen-bond acceptors (Lipinski definition) is 4. The molecule has 34 heavy (non-hydrogen) atoms. The van der Waals surface area contributed by atoms with E-state index in [2.05, 4.69) is 10.6 Å². The first kappa shape index (κ1) is 24.0. The van der Waals surface area contributed by atoms with Crippen molar-refractivity contribution in [3.05, 3.63) is 64.9 Å². The lowest BCUT2D eigenvalue weighted by atomic mass is 9.92. The van der Waals surface area contributed by atoms with Crippen molar-refractivity contribution in [3.8, 4) is 0 Å². The molecule has 4 N–H and O–H groups in total. The van der Waals surface area contributed by atoms with Crippen LogP contribution in [0.25, 0.3) is 0 Å². The van der Waals surface area contributed by atoms with Gasteiger partial charge in [-0.3, -0.25) is 14.5 Å². The summed E-state index contributed by atoms with van der Waals surface area (Å²) in [5, 5.41) is 6.25. The van der Waals surface area contributed by atoms with E-state index in [9.17, 15) is 18.8 Å². The van der Waals surface area contributed by atoms with E-state index < -0.39 is 29.8 Å². The largest absolute Gasteiger partial charge is 0.350 e. The quantitative estimate of drug-likeness (QED) is 0.615. The van der Waals surface area contributed by atoms with Gasteiger partial charge >= 0.3 is 6.03 Å². The number of amides is 4. The Morgan fingerprint density at radius 1 is 0.971 bits per heavy atom. The smallest absolute Gasteiger partial charge is 0.323 e. The molecule has 4 amide bonds. The normalized spacial score (nSPS) is 22.4. The maximum Gasteiger partial charge on any atom is 0.323 e. The Labute approximate surface area is 202 Å². The highest BCUT2D eigenvalue weighted by atomic mass is 35.5. The number of nitrogens with zero attached hydrogens (tertiary/aromatic N) is 2. The van der Waals surface area contributed by atoms with E-state index in [1.165, 1.54) is 28.0 Å². The number of urea groups is 1. The van der Waals surface area contributed by atoms with Crippen molar-refractivity contribution in [2.75, 3.05) is 18.4 Å². The Balaban J connectivity index is 1.55. The molecule has 2 fully saturated rings. The molecule has 1 atom stereocenters. The van der Waals surface area contributed by atoms with E-state index in [0.717, 1.165) is 31.7 Å². The lowest BCUT2D eigenvalue weighted by Gasteiger charge is -2.32. The van der Waals surface area contributed by atoms with E-state index in [1.54, 1.807) is 24.3 Å². The Morgan fingerprint density at radius 3 is 2.32 bits per heavy atom. The molecule has 1 aliphatic carbocycles. The molecule has 2 aliphatic rings. The van der Waals surface area contributed by atoms with Crippen LogP contribution in [0, 0.1) is 5.82 Å². The summed E-state index contributed by atoms with van der Waals surface area (Å²) in [6.45, 7) is 0.283. The zero-order valence-corrected chi connectivity index (χ0v) is 19.3. The van der Waals surface area contributed by atoms with Crippen molar-refractivity contribution in [2.45, 2.75) is 43.9 Å². The monoisotopic (exact) mass is 487 g/mol. The summed E-state index contributed by atoms with van der Waals surface area (Å²) in [5.74, 6) is -1.52. The summed E-state index contributed by atoms with van der Waals surface area (Å²) in [5.41, 5.74) is 6.58. The van der Waals surface area contributed by atoms with E-state index >= 15 is 0 Å². The summed E-state index contributed by atoms with van der Waals surface area (Å²) in [4.78, 5) is 42.3. The van der Waals surface area contributed by atoms with Gasteiger partial charge in [0.1, 0.15) is 5.82 Å². The van der Waals surface area contributed by atoms with E-state index in [-0.39, 0.29) is 30.7 Å². The van der Waals surface area contributed by atoms with Crippen LogP contribution in [0.5, 0.6) is 0 Å². The number of nitrogens with one attached hydrogen (secondary N) is 2. The molecular weight excluding hydrogens is 461 g/mol. The topological polar surface area (TPSA) is 108 Å². The average Bonchev–Trinajstić information content (AvgIpc) is 3.27. The first-order valence-corrected chi connectivity index (χ1v) is 11.7. The molecule has 1 unspecified atom stereocenters. The van der Waals surface area contributed by atoms with Gasteiger partial charge in [0.15, 0.2) is 6.17 Å². The molecule has 0 aromatic heterocycles. The number of carbonyl (C=O) groups is 3. The molecule has 1 aliphatic heterocycles. The standard InChI is InChI=1S/C24H27ClFN5O3/c25-16-4-8-20(9-5-16)29-24(34)31-13-12-30(23(33)15-2-1-3-17(26)14-15)22(31)21(32)28-19-10-6-18(27)7-11-19/h1-5,8-9,14,18-19,22H,6-7,10-13,27H2,(H,28,32)(H,29,34). The number of halogens is 2. The van der Waals surface area contributed by atoms with Crippen LogP contribution >= 0.6 is 11.6 Å². The van der Waals surface area contributed by atoms with Crippen LogP contribution in [0.2, 0.25) is 5.02 Å². The first-order chi connectivity index (χ1) is 16.3. The zero-order valence-electron chi connectivity index (χ0n) is 18.5. The third-order valence-corrected chi connectivity index (χ3v) is 6.47. The molecule has 4 rings (SSSR count). The average molecular weight is 488 g/mol. The first-order valence-electron chi connectivity index (χ1n) is 11.3. The van der Waals surface area contributed by atoms with Gasteiger partial charge in [0.2, 0.25) is 0 Å². The lowest BCUT2D eigenvalue weighted by Crippen LogP contribution is -2.56. The number of nitrogens with two attached hydrogens (primary N) is 1. The second-order valence-corrected chi connectivity index (χ2v) is 9.07. The maximum absolute atomic E-state index is 13.7. The number of hydrogen-bond donors (Lipinski definition) is 3. The maximum atomic E-state index is 13.7. The van der Waals surface area contributed by atoms with Crippen molar-refractivity contribution in [2.24, 2.45) is 5.73 Å². The van der Waals surface area contributed by atoms with Crippen LogP contribution in [0.4, 0.5) is 14.9 Å². The fraction of sp³-hybridized carbons (Fsp3) is 0.375. The molecule has 2 aromatic carbocycles. The van der Waals surface area contributed by atoms with Gasteiger partial charge in [0.05, 0.1) is 0 Å². The Kier molecular flexibility index (Phi) is 7.33. The zero-order chi connectivity index (χ0) is 24.2. The predicted molar refractivity (Wildman–Crippen MR) is 127 cm³/mol. The molecule has 1 saturated heterocycles. The Hall–Kier alpha value is -3.17. The fourth-order valence-electron chi connectivity index (χ4n) is 4.39. The number of rotatable bonds is 4. The van der Waals surface area contributed by atoms with E-state index in [1.807, 2.05) is 0 Å². The highest BCUT2D eigenvalue weighted by Crippen LogP contribution is 2.23. The molecule has 0 bridgehead atoms. The summed E-state index contributed by atoms with van der Waals surface area (Å²) < 4.78 is 13.7. The molecule has 1 saturated carbocycles. The third-order valence-electron chi connectivity index (χ3n) is 6.21. The van der Waals surface area contributed by atoms with Gasteiger partial charge in [0.25, 0.3) is 11.8 Å². The van der Waals surface area contributed by atoms with Gasteiger partial charge in [-0.05, 0) is 68.1 Å². The van der Waals surface area contributed by atoms with E-state index in [4.69, 9.17) is 17.3 Å². The van der Waals surface area contributed by atoms with Gasteiger partial charge in [-0.1, -0.05) is 17.7 Å². The second-order valence-electron chi connectivity index (χ2n) is 8.63. The lowest BCUT2D eigenvalue weighted by molar-refractivity contribution is -0.128. The second kappa shape index (κ2) is 10.4. The predicted octanol–water partition coefficient (Wildman–Crippen LogP) is 3.18. The molecule has 10 heteroatoms. The molecule has 0 spiro atoms. The van der Waals surface area contributed by atoms with Crippen LogP contribution in [-0.4, -0.2) is 59.0 Å². The van der Waals surface area contributed by atoms with Crippen molar-refractivity contribution in [1.82, 2.24) is 15.1 Å². The van der Waals surface area contributed by atoms with Crippen molar-refractivity contribution in [1.29, 1.82) is 0 Å². The minimum atomic E-state index is -1.17. The van der Waals surface area contributed by atoms with Gasteiger partial charge < -0.3 is 21.3 Å². The fourth-order valence-corrected chi connectivity index (χ4v) is 4.52. The van der Waals surface area contributed by atoms with Crippen LogP contribution in [0.15, 0.2) is 48.5 Å². The van der Waals surface area contributed by atoms with Gasteiger partial charge in [-0.25, -0.2) is 9.18 Å². The van der Waals surface area contributed by atoms with Gasteiger partial charge in [0, 0.05) is 41.4 Å². The van der Waals surface area contributed by atoms with Crippen molar-refractivity contribution >= 4 is 35.1 Å². The number of benzene rings is 2. The SMILES string of the molecule is NC1CCC(NC(=O)C2N(C(=O)Nc3ccc(Cl)cc3)CCN2C(=O)c2cccc(F)c2)CC1. The molecule has 0 radical (unpaired) electrons. The Bertz CT molecular complexity index is 1060. The highest BCUT2D eigenvalue weighted by Gasteiger charge is 2.43. The summed E-state index contributed by atoms with van der Waals surface area (Å²) in [6.07, 6.45) is 1.88. The molecular formula is C24H27ClFN5O3. The van der Waals surface area contributed by atoms with Gasteiger partial charge in [-0.15, -0.1) is 0 Å². The van der Waals surface area contributed by atoms with E-state index in [0.29, 0.717) is 10.7 Å². The van der Waals surface area contributed by atoms with Crippen molar-refractivity contribution < 1.29 is 18.8 Å². The van der Waals surface area contributed by atoms with Crippen LogP contribution in [0.3, 0.4) is 0 Å². The number of anilines is 1. The van der Waals surface area contributed by atoms with Crippen LogP contribution in [-0.2, 0) is 4.79 Å². The Morgan fingerprint density at radius 2 is 1.65 bits per heavy atom. The van der Waals surface area contributed by atoms with Crippen LogP contribution < -0.4 is 16.4 Å². The van der Waals surface area contributed by atoms with Crippen LogP contribution in [0.1, 0.15) is 36.0 Å².